The van der Waals surface area contributed by atoms with Crippen LogP contribution in [0, 0.1) is 0 Å². The van der Waals surface area contributed by atoms with Gasteiger partial charge in [-0.15, -0.1) is 23.1 Å². The van der Waals surface area contributed by atoms with Crippen LogP contribution in [-0.2, 0) is 20.8 Å². The molecule has 2 N–H and O–H groups in total. The van der Waals surface area contributed by atoms with E-state index in [2.05, 4.69) is 5.32 Å². The maximum atomic E-state index is 13.6. The fourth-order valence-corrected chi connectivity index (χ4v) is 4.27. The summed E-state index contributed by atoms with van der Waals surface area (Å²) in [7, 11) is 0. The molecule has 0 aromatic carbocycles. The van der Waals surface area contributed by atoms with Crippen LogP contribution in [0.15, 0.2) is 29.0 Å². The topological polar surface area (TPSA) is 86.7 Å². The van der Waals surface area contributed by atoms with Gasteiger partial charge in [0.15, 0.2) is 5.70 Å². The van der Waals surface area contributed by atoms with E-state index in [0.29, 0.717) is 0 Å². The van der Waals surface area contributed by atoms with Crippen LogP contribution in [0.3, 0.4) is 0 Å². The van der Waals surface area contributed by atoms with Gasteiger partial charge in [-0.3, -0.25) is 14.5 Å². The third kappa shape index (κ3) is 2.50. The van der Waals surface area contributed by atoms with Gasteiger partial charge < -0.3 is 10.4 Å². The number of nitrogens with one attached hydrogen (secondary N) is 1. The zero-order chi connectivity index (χ0) is 15.9. The third-order valence-electron chi connectivity index (χ3n) is 3.36. The highest BCUT2D eigenvalue weighted by atomic mass is 32.2. The van der Waals surface area contributed by atoms with E-state index in [1.54, 1.807) is 0 Å². The number of rotatable bonds is 4. The number of hydrogen-bond donors (Lipinski definition) is 2. The monoisotopic (exact) mass is 342 g/mol. The number of aliphatic carboxylic acids is 1. The van der Waals surface area contributed by atoms with Crippen molar-refractivity contribution in [3.05, 3.63) is 33.9 Å². The van der Waals surface area contributed by atoms with Gasteiger partial charge in [0.25, 0.3) is 5.91 Å². The quantitative estimate of drug-likeness (QED) is 0.796. The summed E-state index contributed by atoms with van der Waals surface area (Å²) in [6.45, 7) is 0. The summed E-state index contributed by atoms with van der Waals surface area (Å²) in [5.74, 6) is -3.32. The molecule has 0 spiro atoms. The highest BCUT2D eigenvalue weighted by Crippen LogP contribution is 2.40. The predicted molar refractivity (Wildman–Crippen MR) is 78.8 cm³/mol. The first-order valence-corrected chi connectivity index (χ1v) is 8.30. The number of fused-ring (bicyclic) bond motifs is 1. The van der Waals surface area contributed by atoms with Gasteiger partial charge in [0.05, 0.1) is 6.42 Å². The predicted octanol–water partition coefficient (Wildman–Crippen LogP) is 0.956. The Morgan fingerprint density at radius 1 is 1.50 bits per heavy atom. The van der Waals surface area contributed by atoms with E-state index in [4.69, 9.17) is 5.11 Å². The number of β-lactam (4-membered cyclic amide) rings is 1. The number of halogens is 1. The maximum Gasteiger partial charge on any atom is 0.355 e. The minimum atomic E-state index is -1.47. The van der Waals surface area contributed by atoms with Gasteiger partial charge in [-0.1, -0.05) is 6.07 Å². The number of hydrogen-bond acceptors (Lipinski definition) is 5. The van der Waals surface area contributed by atoms with Crippen molar-refractivity contribution >= 4 is 40.9 Å². The summed E-state index contributed by atoms with van der Waals surface area (Å²) >= 11 is 2.54. The SMILES string of the molecule is O=C(Cc1cccs1)NC1C(=O)N2C(C(=O)O)=C(F)CS[C@@H]12. The number of nitrogens with zero attached hydrogens (tertiary/aromatic N) is 1. The number of carbonyl (C=O) groups is 3. The lowest BCUT2D eigenvalue weighted by molar-refractivity contribution is -0.150. The molecule has 3 rings (SSSR count). The zero-order valence-electron chi connectivity index (χ0n) is 11.1. The van der Waals surface area contributed by atoms with Crippen molar-refractivity contribution in [2.75, 3.05) is 5.75 Å². The summed E-state index contributed by atoms with van der Waals surface area (Å²) in [4.78, 5) is 36.8. The molecule has 2 aliphatic rings. The summed E-state index contributed by atoms with van der Waals surface area (Å²) in [5.41, 5.74) is -0.613. The standard InChI is InChI=1S/C13H11FN2O4S2/c14-7-5-22-12-9(11(18)16(12)10(7)13(19)20)15-8(17)4-6-2-1-3-21-6/h1-3,9,12H,4-5H2,(H,15,17)(H,19,20)/t9?,12-/m0/s1. The first kappa shape index (κ1) is 15.0. The molecular weight excluding hydrogens is 331 g/mol. The molecule has 116 valence electrons. The Labute approximate surface area is 133 Å². The number of carbonyl (C=O) groups excluding carboxylic acids is 2. The van der Waals surface area contributed by atoms with Crippen LogP contribution in [0.5, 0.6) is 0 Å². The molecular formula is C13H11FN2O4S2. The van der Waals surface area contributed by atoms with Gasteiger partial charge in [0.1, 0.15) is 17.2 Å². The molecule has 1 aromatic rings. The molecule has 3 heterocycles. The van der Waals surface area contributed by atoms with Crippen molar-refractivity contribution in [1.82, 2.24) is 10.2 Å². The van der Waals surface area contributed by atoms with Gasteiger partial charge in [-0.05, 0) is 11.4 Å². The molecule has 2 aliphatic heterocycles. The van der Waals surface area contributed by atoms with Gasteiger partial charge in [0, 0.05) is 10.6 Å². The fourth-order valence-electron chi connectivity index (χ4n) is 2.38. The van der Waals surface area contributed by atoms with Crippen molar-refractivity contribution in [3.63, 3.8) is 0 Å². The summed E-state index contributed by atoms with van der Waals surface area (Å²) in [6.07, 6.45) is 0.162. The molecule has 1 fully saturated rings. The van der Waals surface area contributed by atoms with Crippen LogP contribution >= 0.6 is 23.1 Å². The maximum absolute atomic E-state index is 13.6. The van der Waals surface area contributed by atoms with Gasteiger partial charge in [0.2, 0.25) is 5.91 Å². The molecule has 1 saturated heterocycles. The van der Waals surface area contributed by atoms with Crippen molar-refractivity contribution in [3.8, 4) is 0 Å². The molecule has 0 bridgehead atoms. The van der Waals surface area contributed by atoms with Crippen LogP contribution in [0.2, 0.25) is 0 Å². The molecule has 1 aromatic heterocycles. The van der Waals surface area contributed by atoms with E-state index in [1.165, 1.54) is 11.3 Å². The Morgan fingerprint density at radius 3 is 2.91 bits per heavy atom. The second-order valence-electron chi connectivity index (χ2n) is 4.77. The number of amides is 2. The summed E-state index contributed by atoms with van der Waals surface area (Å²) in [5, 5.41) is 12.9. The van der Waals surface area contributed by atoms with Crippen LogP contribution in [0.1, 0.15) is 4.88 Å². The number of carboxylic acids is 1. The molecule has 6 nitrogen and oxygen atoms in total. The zero-order valence-corrected chi connectivity index (χ0v) is 12.7. The van der Waals surface area contributed by atoms with Crippen LogP contribution in [-0.4, -0.2) is 45.0 Å². The normalized spacial score (nSPS) is 23.9. The molecule has 0 aliphatic carbocycles. The molecule has 2 atom stereocenters. The number of thiophene rings is 1. The van der Waals surface area contributed by atoms with Crippen molar-refractivity contribution in [2.45, 2.75) is 17.8 Å². The van der Waals surface area contributed by atoms with Crippen molar-refractivity contribution in [2.24, 2.45) is 0 Å². The number of thioether (sulfide) groups is 1. The van der Waals surface area contributed by atoms with Gasteiger partial charge in [-0.25, -0.2) is 9.18 Å². The molecule has 0 saturated carbocycles. The van der Waals surface area contributed by atoms with Crippen LogP contribution in [0.4, 0.5) is 4.39 Å². The van der Waals surface area contributed by atoms with E-state index in [0.717, 1.165) is 21.5 Å². The Morgan fingerprint density at radius 2 is 2.27 bits per heavy atom. The van der Waals surface area contributed by atoms with Gasteiger partial charge >= 0.3 is 5.97 Å². The molecule has 1 unspecified atom stereocenters. The minimum Gasteiger partial charge on any atom is -0.476 e. The fraction of sp³-hybridized carbons (Fsp3) is 0.308. The first-order valence-electron chi connectivity index (χ1n) is 6.37. The summed E-state index contributed by atoms with van der Waals surface area (Å²) < 4.78 is 13.6. The molecule has 0 radical (unpaired) electrons. The van der Waals surface area contributed by atoms with Crippen LogP contribution < -0.4 is 5.32 Å². The first-order chi connectivity index (χ1) is 10.5. The van der Waals surface area contributed by atoms with Crippen LogP contribution in [0.25, 0.3) is 0 Å². The van der Waals surface area contributed by atoms with Gasteiger partial charge in [-0.2, -0.15) is 0 Å². The van der Waals surface area contributed by atoms with E-state index < -0.39 is 34.8 Å². The average molecular weight is 342 g/mol. The lowest BCUT2D eigenvalue weighted by atomic mass is 10.0. The second kappa shape index (κ2) is 5.73. The van der Waals surface area contributed by atoms with E-state index in [9.17, 15) is 18.8 Å². The number of carboxylic acid groups (broad SMARTS) is 1. The Bertz CT molecular complexity index is 674. The van der Waals surface area contributed by atoms with Crippen molar-refractivity contribution in [1.29, 1.82) is 0 Å². The second-order valence-corrected chi connectivity index (χ2v) is 6.91. The highest BCUT2D eigenvalue weighted by molar-refractivity contribution is 8.00. The largest absolute Gasteiger partial charge is 0.476 e. The minimum absolute atomic E-state index is 0.118. The van der Waals surface area contributed by atoms with E-state index in [-0.39, 0.29) is 18.1 Å². The van der Waals surface area contributed by atoms with Crippen molar-refractivity contribution < 1.29 is 23.9 Å². The van der Waals surface area contributed by atoms with E-state index in [1.807, 2.05) is 17.5 Å². The average Bonchev–Trinajstić information content (AvgIpc) is 2.97. The lowest BCUT2D eigenvalue weighted by Crippen LogP contribution is -2.70. The smallest absolute Gasteiger partial charge is 0.355 e. The highest BCUT2D eigenvalue weighted by Gasteiger charge is 2.54. The Balaban J connectivity index is 1.68. The Hall–Kier alpha value is -1.87. The molecule has 2 amide bonds. The molecule has 9 heteroatoms. The lowest BCUT2D eigenvalue weighted by Gasteiger charge is -2.48. The van der Waals surface area contributed by atoms with E-state index >= 15 is 0 Å². The molecule has 22 heavy (non-hydrogen) atoms. The Kier molecular flexibility index (Phi) is 3.92. The summed E-state index contributed by atoms with van der Waals surface area (Å²) in [6, 6.07) is 2.84. The third-order valence-corrected chi connectivity index (χ3v) is 5.48.